The molecule has 0 amide bonds. The number of allylic oxidation sites excluding steroid dienone is 2. The number of hydrogen-bond acceptors (Lipinski definition) is 4. The van der Waals surface area contributed by atoms with E-state index >= 15 is 0 Å². The molecule has 0 bridgehead atoms. The first-order valence-corrected chi connectivity index (χ1v) is 10.6. The number of hydrogen-bond donors (Lipinski definition) is 0. The van der Waals surface area contributed by atoms with Crippen molar-refractivity contribution in [2.24, 2.45) is 17.3 Å². The van der Waals surface area contributed by atoms with Gasteiger partial charge >= 0.3 is 11.9 Å². The Balaban J connectivity index is 1.87. The topological polar surface area (TPSA) is 52.6 Å². The van der Waals surface area contributed by atoms with Gasteiger partial charge in [-0.2, -0.15) is 0 Å². The number of carbonyl (C=O) groups is 2. The van der Waals surface area contributed by atoms with E-state index in [0.717, 1.165) is 51.4 Å². The van der Waals surface area contributed by atoms with Crippen molar-refractivity contribution >= 4 is 11.9 Å². The first-order valence-electron chi connectivity index (χ1n) is 10.6. The highest BCUT2D eigenvalue weighted by Gasteiger charge is 2.39. The standard InChI is InChI=1S/C23H36O4/c1-5-26-21(24)15-17-7-11-19(12-8-17)23(3,4)20-13-9-18(10-14-20)16-22(25)27-6-2/h15-16,19-20H,5-14H2,1-4H3. The third-order valence-corrected chi connectivity index (χ3v) is 6.58. The maximum absolute atomic E-state index is 11.6. The van der Waals surface area contributed by atoms with E-state index in [-0.39, 0.29) is 11.9 Å². The molecule has 0 heterocycles. The number of ether oxygens (including phenoxy) is 2. The number of rotatable bonds is 6. The zero-order valence-corrected chi connectivity index (χ0v) is 17.5. The molecule has 4 heteroatoms. The van der Waals surface area contributed by atoms with Crippen LogP contribution in [0.5, 0.6) is 0 Å². The van der Waals surface area contributed by atoms with Gasteiger partial charge < -0.3 is 9.47 Å². The number of esters is 2. The molecule has 0 aromatic heterocycles. The summed E-state index contributed by atoms with van der Waals surface area (Å²) in [7, 11) is 0. The summed E-state index contributed by atoms with van der Waals surface area (Å²) in [4.78, 5) is 23.3. The van der Waals surface area contributed by atoms with Gasteiger partial charge in [0.05, 0.1) is 13.2 Å². The van der Waals surface area contributed by atoms with Crippen molar-refractivity contribution in [1.82, 2.24) is 0 Å². The van der Waals surface area contributed by atoms with E-state index in [0.29, 0.717) is 30.5 Å². The minimum absolute atomic E-state index is 0.196. The maximum Gasteiger partial charge on any atom is 0.330 e. The van der Waals surface area contributed by atoms with Crippen LogP contribution in [0.2, 0.25) is 0 Å². The normalized spacial score (nSPS) is 23.6. The predicted octanol–water partition coefficient (Wildman–Crippen LogP) is 5.37. The second kappa shape index (κ2) is 10.1. The van der Waals surface area contributed by atoms with Gasteiger partial charge in [0.1, 0.15) is 0 Å². The fourth-order valence-electron chi connectivity index (χ4n) is 4.79. The van der Waals surface area contributed by atoms with E-state index in [1.807, 2.05) is 13.8 Å². The molecule has 2 aliphatic rings. The minimum atomic E-state index is -0.196. The largest absolute Gasteiger partial charge is 0.463 e. The molecule has 2 aliphatic carbocycles. The van der Waals surface area contributed by atoms with Crippen molar-refractivity contribution in [3.8, 4) is 0 Å². The van der Waals surface area contributed by atoms with Crippen molar-refractivity contribution in [2.75, 3.05) is 13.2 Å². The average molecular weight is 377 g/mol. The van der Waals surface area contributed by atoms with Crippen LogP contribution in [0, 0.1) is 17.3 Å². The lowest BCUT2D eigenvalue weighted by Crippen LogP contribution is -2.35. The quantitative estimate of drug-likeness (QED) is 0.462. The van der Waals surface area contributed by atoms with Gasteiger partial charge in [-0.05, 0) is 82.5 Å². The highest BCUT2D eigenvalue weighted by molar-refractivity contribution is 5.83. The van der Waals surface area contributed by atoms with Gasteiger partial charge in [-0.25, -0.2) is 9.59 Å². The molecular formula is C23H36O4. The van der Waals surface area contributed by atoms with Crippen LogP contribution >= 0.6 is 0 Å². The van der Waals surface area contributed by atoms with Gasteiger partial charge in [-0.15, -0.1) is 0 Å². The Morgan fingerprint density at radius 1 is 0.815 bits per heavy atom. The summed E-state index contributed by atoms with van der Waals surface area (Å²) in [6.07, 6.45) is 12.1. The van der Waals surface area contributed by atoms with E-state index < -0.39 is 0 Å². The van der Waals surface area contributed by atoms with Crippen molar-refractivity contribution in [2.45, 2.75) is 79.1 Å². The van der Waals surface area contributed by atoms with Gasteiger partial charge in [0.25, 0.3) is 0 Å². The molecule has 4 nitrogen and oxygen atoms in total. The summed E-state index contributed by atoms with van der Waals surface area (Å²) in [6, 6.07) is 0. The molecule has 0 aromatic carbocycles. The first kappa shape index (κ1) is 21.7. The zero-order valence-electron chi connectivity index (χ0n) is 17.5. The first-order chi connectivity index (χ1) is 12.9. The smallest absolute Gasteiger partial charge is 0.330 e. The van der Waals surface area contributed by atoms with E-state index in [2.05, 4.69) is 13.8 Å². The molecular weight excluding hydrogens is 340 g/mol. The molecule has 0 radical (unpaired) electrons. The Morgan fingerprint density at radius 2 is 1.15 bits per heavy atom. The highest BCUT2D eigenvalue weighted by Crippen LogP contribution is 2.49. The molecule has 152 valence electrons. The lowest BCUT2D eigenvalue weighted by molar-refractivity contribution is -0.138. The Kier molecular flexibility index (Phi) is 8.12. The van der Waals surface area contributed by atoms with Crippen LogP contribution < -0.4 is 0 Å². The van der Waals surface area contributed by atoms with Crippen LogP contribution in [-0.2, 0) is 19.1 Å². The molecule has 0 N–H and O–H groups in total. The zero-order chi connectivity index (χ0) is 19.9. The molecule has 0 saturated heterocycles. The molecule has 2 fully saturated rings. The van der Waals surface area contributed by atoms with E-state index in [4.69, 9.17) is 9.47 Å². The lowest BCUT2D eigenvalue weighted by atomic mass is 9.60. The van der Waals surface area contributed by atoms with Gasteiger partial charge in [0.2, 0.25) is 0 Å². The summed E-state index contributed by atoms with van der Waals surface area (Å²) < 4.78 is 10.1. The Bertz CT molecular complexity index is 515. The average Bonchev–Trinajstić information content (AvgIpc) is 2.63. The molecule has 0 unspecified atom stereocenters. The predicted molar refractivity (Wildman–Crippen MR) is 107 cm³/mol. The minimum Gasteiger partial charge on any atom is -0.463 e. The monoisotopic (exact) mass is 376 g/mol. The molecule has 2 rings (SSSR count). The molecule has 27 heavy (non-hydrogen) atoms. The number of carbonyl (C=O) groups excluding carboxylic acids is 2. The van der Waals surface area contributed by atoms with Crippen LogP contribution in [0.4, 0.5) is 0 Å². The van der Waals surface area contributed by atoms with Crippen LogP contribution in [0.3, 0.4) is 0 Å². The summed E-state index contributed by atoms with van der Waals surface area (Å²) in [5.74, 6) is 0.992. The third-order valence-electron chi connectivity index (χ3n) is 6.58. The molecule has 0 atom stereocenters. The van der Waals surface area contributed by atoms with Crippen LogP contribution in [0.15, 0.2) is 23.3 Å². The Morgan fingerprint density at radius 3 is 1.44 bits per heavy atom. The van der Waals surface area contributed by atoms with Gasteiger partial charge in [-0.1, -0.05) is 25.0 Å². The van der Waals surface area contributed by atoms with Crippen molar-refractivity contribution in [3.63, 3.8) is 0 Å². The SMILES string of the molecule is CCOC(=O)C=C1CCC(C(C)(C)C2CCC(=CC(=O)OCC)CC2)CC1. The van der Waals surface area contributed by atoms with E-state index in [1.54, 1.807) is 12.2 Å². The van der Waals surface area contributed by atoms with Crippen LogP contribution in [0.1, 0.15) is 79.1 Å². The maximum atomic E-state index is 11.6. The second-order valence-corrected chi connectivity index (χ2v) is 8.48. The fourth-order valence-corrected chi connectivity index (χ4v) is 4.79. The molecule has 0 aliphatic heterocycles. The van der Waals surface area contributed by atoms with Gasteiger partial charge in [-0.3, -0.25) is 0 Å². The third kappa shape index (κ3) is 6.22. The van der Waals surface area contributed by atoms with Crippen molar-refractivity contribution in [3.05, 3.63) is 23.3 Å². The van der Waals surface area contributed by atoms with E-state index in [1.165, 1.54) is 11.1 Å². The summed E-state index contributed by atoms with van der Waals surface area (Å²) in [6.45, 7) is 9.39. The molecule has 0 aromatic rings. The van der Waals surface area contributed by atoms with Gasteiger partial charge in [0, 0.05) is 12.2 Å². The molecule has 2 saturated carbocycles. The second-order valence-electron chi connectivity index (χ2n) is 8.48. The van der Waals surface area contributed by atoms with Crippen LogP contribution in [0.25, 0.3) is 0 Å². The van der Waals surface area contributed by atoms with Crippen molar-refractivity contribution < 1.29 is 19.1 Å². The summed E-state index contributed by atoms with van der Waals surface area (Å²) >= 11 is 0. The van der Waals surface area contributed by atoms with Crippen LogP contribution in [-0.4, -0.2) is 25.2 Å². The molecule has 0 spiro atoms. The lowest BCUT2D eigenvalue weighted by Gasteiger charge is -2.45. The summed E-state index contributed by atoms with van der Waals surface area (Å²) in [5, 5.41) is 0. The summed E-state index contributed by atoms with van der Waals surface area (Å²) in [5.41, 5.74) is 2.78. The van der Waals surface area contributed by atoms with Gasteiger partial charge in [0.15, 0.2) is 0 Å². The van der Waals surface area contributed by atoms with Crippen molar-refractivity contribution in [1.29, 1.82) is 0 Å². The Hall–Kier alpha value is -1.58. The highest BCUT2D eigenvalue weighted by atomic mass is 16.5. The Labute approximate surface area is 164 Å². The fraction of sp³-hybridized carbons (Fsp3) is 0.739. The van der Waals surface area contributed by atoms with E-state index in [9.17, 15) is 9.59 Å².